The van der Waals surface area contributed by atoms with Crippen LogP contribution in [0, 0.1) is 0 Å². The lowest BCUT2D eigenvalue weighted by Crippen LogP contribution is -2.41. The smallest absolute Gasteiger partial charge is 0.194 e. The summed E-state index contributed by atoms with van der Waals surface area (Å²) in [5, 5.41) is 1.12. The van der Waals surface area contributed by atoms with Gasteiger partial charge < -0.3 is 9.47 Å². The van der Waals surface area contributed by atoms with Gasteiger partial charge in [0.15, 0.2) is 6.29 Å². The Bertz CT molecular complexity index is 747. The van der Waals surface area contributed by atoms with Crippen molar-refractivity contribution in [1.29, 1.82) is 0 Å². The van der Waals surface area contributed by atoms with Crippen molar-refractivity contribution in [3.05, 3.63) is 28.1 Å². The molecule has 3 heterocycles. The summed E-state index contributed by atoms with van der Waals surface area (Å²) in [7, 11) is 0. The molecule has 0 radical (unpaired) electrons. The van der Waals surface area contributed by atoms with Crippen LogP contribution in [0.2, 0.25) is 0 Å². The molecule has 2 aromatic heterocycles. The average Bonchev–Trinajstić information content (AvgIpc) is 3.36. The van der Waals surface area contributed by atoms with E-state index in [0.29, 0.717) is 0 Å². The first kappa shape index (κ1) is 22.9. The Hall–Kier alpha value is -0.750. The lowest BCUT2D eigenvalue weighted by molar-refractivity contribution is -0.0871. The van der Waals surface area contributed by atoms with E-state index in [1.54, 1.807) is 11.3 Å². The summed E-state index contributed by atoms with van der Waals surface area (Å²) in [6.45, 7) is 10.7. The van der Waals surface area contributed by atoms with E-state index in [-0.39, 0.29) is 17.5 Å². The number of rotatable bonds is 11. The summed E-state index contributed by atoms with van der Waals surface area (Å²) >= 11 is 3.57. The molecule has 1 fully saturated rings. The van der Waals surface area contributed by atoms with Crippen molar-refractivity contribution in [2.24, 2.45) is 0 Å². The number of thiazole rings is 1. The highest BCUT2D eigenvalue weighted by Crippen LogP contribution is 2.47. The fourth-order valence-corrected chi connectivity index (χ4v) is 5.51. The maximum absolute atomic E-state index is 6.18. The molecule has 0 amide bonds. The van der Waals surface area contributed by atoms with Crippen LogP contribution >= 0.6 is 22.7 Å². The third-order valence-corrected chi connectivity index (χ3v) is 8.49. The Morgan fingerprint density at radius 2 is 1.48 bits per heavy atom. The van der Waals surface area contributed by atoms with E-state index in [4.69, 9.17) is 9.47 Å². The van der Waals surface area contributed by atoms with Gasteiger partial charge in [-0.3, -0.25) is 0 Å². The molecule has 0 aliphatic carbocycles. The van der Waals surface area contributed by atoms with Gasteiger partial charge in [-0.05, 0) is 52.7 Å². The van der Waals surface area contributed by atoms with Crippen LogP contribution in [0.3, 0.4) is 0 Å². The summed E-state index contributed by atoms with van der Waals surface area (Å²) in [6, 6.07) is 4.28. The molecule has 0 bridgehead atoms. The lowest BCUT2D eigenvalue weighted by Gasteiger charge is -2.30. The van der Waals surface area contributed by atoms with Crippen molar-refractivity contribution in [2.45, 2.75) is 110 Å². The number of unbranched alkanes of at least 4 members (excludes halogenated alkanes) is 7. The number of aromatic nitrogens is 1. The minimum atomic E-state index is -0.299. The minimum Gasteiger partial charge on any atom is -0.339 e. The molecule has 3 nitrogen and oxygen atoms in total. The first-order chi connectivity index (χ1) is 13.8. The van der Waals surface area contributed by atoms with E-state index in [9.17, 15) is 0 Å². The van der Waals surface area contributed by atoms with Crippen LogP contribution in [0.1, 0.15) is 102 Å². The van der Waals surface area contributed by atoms with E-state index < -0.39 is 0 Å². The second kappa shape index (κ2) is 10.0. The molecule has 1 aliphatic rings. The molecule has 0 spiro atoms. The quantitative estimate of drug-likeness (QED) is 0.334. The Labute approximate surface area is 184 Å². The Balaban J connectivity index is 1.47. The summed E-state index contributed by atoms with van der Waals surface area (Å²) in [6.07, 6.45) is 13.9. The lowest BCUT2D eigenvalue weighted by atomic mass is 9.90. The maximum atomic E-state index is 6.18. The SMILES string of the molecule is CCCCCCCCCCc1cnc(-c2ccc(C3OC(C)(C)C(C)(C)O3)s2)s1. The van der Waals surface area contributed by atoms with Gasteiger partial charge in [0.2, 0.25) is 0 Å². The second-order valence-electron chi connectivity index (χ2n) is 9.15. The van der Waals surface area contributed by atoms with Gasteiger partial charge in [-0.1, -0.05) is 51.9 Å². The van der Waals surface area contributed by atoms with Gasteiger partial charge in [0.25, 0.3) is 0 Å². The Kier molecular flexibility index (Phi) is 7.94. The van der Waals surface area contributed by atoms with Crippen LogP contribution in [-0.2, 0) is 15.9 Å². The van der Waals surface area contributed by atoms with Crippen LogP contribution in [0.15, 0.2) is 18.3 Å². The molecule has 0 unspecified atom stereocenters. The van der Waals surface area contributed by atoms with Gasteiger partial charge in [-0.15, -0.1) is 22.7 Å². The molecule has 0 N–H and O–H groups in total. The van der Waals surface area contributed by atoms with Gasteiger partial charge >= 0.3 is 0 Å². The van der Waals surface area contributed by atoms with Crippen molar-refractivity contribution in [3.63, 3.8) is 0 Å². The van der Waals surface area contributed by atoms with E-state index in [1.807, 2.05) is 11.3 Å². The topological polar surface area (TPSA) is 31.4 Å². The number of hydrogen-bond acceptors (Lipinski definition) is 5. The van der Waals surface area contributed by atoms with E-state index in [0.717, 1.165) is 16.3 Å². The van der Waals surface area contributed by atoms with Crippen molar-refractivity contribution in [1.82, 2.24) is 4.98 Å². The van der Waals surface area contributed by atoms with Gasteiger partial charge in [0.05, 0.1) is 21.0 Å². The maximum Gasteiger partial charge on any atom is 0.194 e. The monoisotopic (exact) mass is 435 g/mol. The Morgan fingerprint density at radius 3 is 2.14 bits per heavy atom. The summed E-state index contributed by atoms with van der Waals surface area (Å²) < 4.78 is 12.4. The molecule has 2 aromatic rings. The first-order valence-corrected chi connectivity index (χ1v) is 12.9. The zero-order valence-electron chi connectivity index (χ0n) is 18.8. The molecule has 0 aromatic carbocycles. The summed E-state index contributed by atoms with van der Waals surface area (Å²) in [5.74, 6) is 0. The van der Waals surface area contributed by atoms with Crippen LogP contribution in [0.4, 0.5) is 0 Å². The average molecular weight is 436 g/mol. The molecular weight excluding hydrogens is 398 g/mol. The first-order valence-electron chi connectivity index (χ1n) is 11.2. The van der Waals surface area contributed by atoms with Crippen molar-refractivity contribution in [3.8, 4) is 9.88 Å². The fraction of sp³-hybridized carbons (Fsp3) is 0.708. The third kappa shape index (κ3) is 5.90. The minimum absolute atomic E-state index is 0.282. The van der Waals surface area contributed by atoms with Gasteiger partial charge in [-0.25, -0.2) is 4.98 Å². The third-order valence-electron chi connectivity index (χ3n) is 6.15. The van der Waals surface area contributed by atoms with E-state index >= 15 is 0 Å². The molecule has 0 atom stereocenters. The van der Waals surface area contributed by atoms with Crippen molar-refractivity contribution < 1.29 is 9.47 Å². The van der Waals surface area contributed by atoms with Crippen molar-refractivity contribution >= 4 is 22.7 Å². The predicted octanol–water partition coefficient (Wildman–Crippen LogP) is 8.16. The predicted molar refractivity (Wildman–Crippen MR) is 125 cm³/mol. The van der Waals surface area contributed by atoms with Gasteiger partial charge in [0.1, 0.15) is 5.01 Å². The van der Waals surface area contributed by atoms with Crippen LogP contribution in [0.25, 0.3) is 9.88 Å². The number of thiophene rings is 1. The molecule has 1 aliphatic heterocycles. The van der Waals surface area contributed by atoms with Gasteiger partial charge in [0, 0.05) is 11.1 Å². The molecule has 29 heavy (non-hydrogen) atoms. The molecule has 5 heteroatoms. The fourth-order valence-electron chi connectivity index (χ4n) is 3.52. The number of ether oxygens (including phenoxy) is 2. The zero-order chi connectivity index (χ0) is 20.9. The second-order valence-corrected chi connectivity index (χ2v) is 11.4. The number of aryl methyl sites for hydroxylation is 1. The van der Waals surface area contributed by atoms with Crippen LogP contribution in [-0.4, -0.2) is 16.2 Å². The zero-order valence-corrected chi connectivity index (χ0v) is 20.4. The van der Waals surface area contributed by atoms with Crippen molar-refractivity contribution in [2.75, 3.05) is 0 Å². The normalized spacial score (nSPS) is 18.5. The highest BCUT2D eigenvalue weighted by Gasteiger charge is 2.49. The highest BCUT2D eigenvalue weighted by molar-refractivity contribution is 7.21. The van der Waals surface area contributed by atoms with E-state index in [1.165, 1.54) is 61.1 Å². The molecule has 1 saturated heterocycles. The number of nitrogens with zero attached hydrogens (tertiary/aromatic N) is 1. The standard InChI is InChI=1S/C24H37NO2S2/c1-6-7-8-9-10-11-12-13-14-18-17-25-21(28-18)19-15-16-20(29-19)22-26-23(2,3)24(4,5)27-22/h15-17,22H,6-14H2,1-5H3. The molecule has 3 rings (SSSR count). The molecule has 0 saturated carbocycles. The molecule has 162 valence electrons. The van der Waals surface area contributed by atoms with Crippen LogP contribution < -0.4 is 0 Å². The largest absolute Gasteiger partial charge is 0.339 e. The highest BCUT2D eigenvalue weighted by atomic mass is 32.1. The Morgan fingerprint density at radius 1 is 0.862 bits per heavy atom. The number of hydrogen-bond donors (Lipinski definition) is 0. The van der Waals surface area contributed by atoms with Gasteiger partial charge in [-0.2, -0.15) is 0 Å². The van der Waals surface area contributed by atoms with E-state index in [2.05, 4.69) is 57.9 Å². The summed E-state index contributed by atoms with van der Waals surface area (Å²) in [4.78, 5) is 8.41. The summed E-state index contributed by atoms with van der Waals surface area (Å²) in [5.41, 5.74) is -0.599. The van der Waals surface area contributed by atoms with Crippen LogP contribution in [0.5, 0.6) is 0 Å². The molecular formula is C24H37NO2S2.